The summed E-state index contributed by atoms with van der Waals surface area (Å²) in [5.74, 6) is 1.38. The van der Waals surface area contributed by atoms with Crippen molar-refractivity contribution >= 4 is 0 Å². The second-order valence-corrected chi connectivity index (χ2v) is 4.30. The van der Waals surface area contributed by atoms with Gasteiger partial charge in [0.2, 0.25) is 0 Å². The highest BCUT2D eigenvalue weighted by molar-refractivity contribution is 4.72. The Morgan fingerprint density at radius 3 is 2.46 bits per heavy atom. The van der Waals surface area contributed by atoms with Gasteiger partial charge in [0.05, 0.1) is 0 Å². The summed E-state index contributed by atoms with van der Waals surface area (Å²) in [6.45, 7) is 0.701. The van der Waals surface area contributed by atoms with Gasteiger partial charge in [0.1, 0.15) is 0 Å². The lowest BCUT2D eigenvalue weighted by Crippen LogP contribution is -2.18. The first-order valence-corrected chi connectivity index (χ1v) is 5.58. The summed E-state index contributed by atoms with van der Waals surface area (Å²) >= 11 is 0. The minimum Gasteiger partial charge on any atom is -0.396 e. The van der Waals surface area contributed by atoms with E-state index in [-0.39, 0.29) is 0 Å². The van der Waals surface area contributed by atoms with E-state index in [1.165, 1.54) is 32.1 Å². The van der Waals surface area contributed by atoms with Crippen LogP contribution in [0.5, 0.6) is 0 Å². The summed E-state index contributed by atoms with van der Waals surface area (Å²) in [5.41, 5.74) is 0. The summed E-state index contributed by atoms with van der Waals surface area (Å²) in [4.78, 5) is 0. The number of aliphatic hydroxyl groups is 2. The van der Waals surface area contributed by atoms with Gasteiger partial charge < -0.3 is 10.2 Å². The fraction of sp³-hybridized carbons (Fsp3) is 1.00. The van der Waals surface area contributed by atoms with Crippen LogP contribution >= 0.6 is 0 Å². The predicted octanol–water partition coefficient (Wildman–Crippen LogP) is 1.95. The first-order valence-electron chi connectivity index (χ1n) is 5.58. The zero-order chi connectivity index (χ0) is 9.52. The van der Waals surface area contributed by atoms with Gasteiger partial charge in [-0.15, -0.1) is 0 Å². The van der Waals surface area contributed by atoms with Crippen molar-refractivity contribution < 1.29 is 10.2 Å². The molecule has 2 unspecified atom stereocenters. The van der Waals surface area contributed by atoms with E-state index in [9.17, 15) is 0 Å². The molecule has 0 aromatic heterocycles. The van der Waals surface area contributed by atoms with E-state index in [1.807, 2.05) is 0 Å². The summed E-state index contributed by atoms with van der Waals surface area (Å²) in [7, 11) is 0. The molecular weight excluding hydrogens is 164 g/mol. The first kappa shape index (κ1) is 11.0. The average molecular weight is 186 g/mol. The molecule has 0 aromatic carbocycles. The monoisotopic (exact) mass is 186 g/mol. The molecule has 1 aliphatic carbocycles. The lowest BCUT2D eigenvalue weighted by Gasteiger charge is -2.27. The van der Waals surface area contributed by atoms with Crippen molar-refractivity contribution in [3.8, 4) is 0 Å². The van der Waals surface area contributed by atoms with Crippen molar-refractivity contribution in [3.05, 3.63) is 0 Å². The molecule has 0 bridgehead atoms. The topological polar surface area (TPSA) is 40.5 Å². The standard InChI is InChI=1S/C11H22O2/c12-7-2-1-4-10-5-3-6-11(8-10)9-13/h10-13H,1-9H2. The Labute approximate surface area is 81.0 Å². The van der Waals surface area contributed by atoms with Gasteiger partial charge in [0.15, 0.2) is 0 Å². The maximum absolute atomic E-state index is 9.04. The highest BCUT2D eigenvalue weighted by Gasteiger charge is 2.20. The third-order valence-corrected chi connectivity index (χ3v) is 3.17. The van der Waals surface area contributed by atoms with Crippen LogP contribution in [0.1, 0.15) is 44.9 Å². The number of rotatable bonds is 5. The summed E-state index contributed by atoms with van der Waals surface area (Å²) in [6.07, 6.45) is 8.39. The molecule has 1 fully saturated rings. The van der Waals surface area contributed by atoms with E-state index in [1.54, 1.807) is 0 Å². The van der Waals surface area contributed by atoms with Crippen LogP contribution in [0.4, 0.5) is 0 Å². The molecule has 1 rings (SSSR count). The maximum Gasteiger partial charge on any atom is 0.0459 e. The molecule has 2 N–H and O–H groups in total. The fourth-order valence-electron chi connectivity index (χ4n) is 2.38. The van der Waals surface area contributed by atoms with E-state index < -0.39 is 0 Å². The van der Waals surface area contributed by atoms with Crippen LogP contribution in [0.2, 0.25) is 0 Å². The van der Waals surface area contributed by atoms with Gasteiger partial charge in [0.25, 0.3) is 0 Å². The largest absolute Gasteiger partial charge is 0.396 e. The number of hydrogen-bond donors (Lipinski definition) is 2. The number of unbranched alkanes of at least 4 members (excludes halogenated alkanes) is 1. The minimum absolute atomic E-state index is 0.330. The second-order valence-electron chi connectivity index (χ2n) is 4.30. The molecule has 0 aromatic rings. The molecule has 2 atom stereocenters. The van der Waals surface area contributed by atoms with E-state index in [0.717, 1.165) is 18.8 Å². The predicted molar refractivity (Wildman–Crippen MR) is 53.5 cm³/mol. The molecule has 0 saturated heterocycles. The minimum atomic E-state index is 0.330. The van der Waals surface area contributed by atoms with Crippen LogP contribution in [-0.2, 0) is 0 Å². The smallest absolute Gasteiger partial charge is 0.0459 e. The zero-order valence-corrected chi connectivity index (χ0v) is 8.41. The Bertz CT molecular complexity index is 125. The Balaban J connectivity index is 2.11. The maximum atomic E-state index is 9.04. The molecule has 0 spiro atoms. The van der Waals surface area contributed by atoms with Crippen molar-refractivity contribution in [1.82, 2.24) is 0 Å². The van der Waals surface area contributed by atoms with Gasteiger partial charge in [-0.05, 0) is 31.1 Å². The molecule has 1 aliphatic rings. The highest BCUT2D eigenvalue weighted by atomic mass is 16.3. The van der Waals surface area contributed by atoms with Gasteiger partial charge in [-0.3, -0.25) is 0 Å². The SMILES string of the molecule is OCCCCC1CCCC(CO)C1. The van der Waals surface area contributed by atoms with Gasteiger partial charge >= 0.3 is 0 Å². The number of hydrogen-bond acceptors (Lipinski definition) is 2. The van der Waals surface area contributed by atoms with Gasteiger partial charge in [-0.1, -0.05) is 25.7 Å². The van der Waals surface area contributed by atoms with E-state index in [4.69, 9.17) is 10.2 Å². The van der Waals surface area contributed by atoms with Crippen molar-refractivity contribution in [2.75, 3.05) is 13.2 Å². The lowest BCUT2D eigenvalue weighted by atomic mass is 9.79. The first-order chi connectivity index (χ1) is 6.36. The molecule has 78 valence electrons. The lowest BCUT2D eigenvalue weighted by molar-refractivity contribution is 0.154. The summed E-state index contributed by atoms with van der Waals surface area (Å²) < 4.78 is 0. The molecule has 0 aliphatic heterocycles. The Morgan fingerprint density at radius 1 is 1.00 bits per heavy atom. The third-order valence-electron chi connectivity index (χ3n) is 3.17. The van der Waals surface area contributed by atoms with Crippen LogP contribution in [0, 0.1) is 11.8 Å². The molecule has 2 heteroatoms. The quantitative estimate of drug-likeness (QED) is 0.644. The molecule has 0 amide bonds. The zero-order valence-electron chi connectivity index (χ0n) is 8.41. The van der Waals surface area contributed by atoms with E-state index >= 15 is 0 Å². The molecule has 13 heavy (non-hydrogen) atoms. The second kappa shape index (κ2) is 6.39. The van der Waals surface area contributed by atoms with Gasteiger partial charge in [0, 0.05) is 13.2 Å². The highest BCUT2D eigenvalue weighted by Crippen LogP contribution is 2.31. The Morgan fingerprint density at radius 2 is 1.77 bits per heavy atom. The van der Waals surface area contributed by atoms with Crippen LogP contribution in [0.3, 0.4) is 0 Å². The summed E-state index contributed by atoms with van der Waals surface area (Å²) in [6, 6.07) is 0. The van der Waals surface area contributed by atoms with Gasteiger partial charge in [-0.2, -0.15) is 0 Å². The Kier molecular flexibility index (Phi) is 5.40. The van der Waals surface area contributed by atoms with E-state index in [0.29, 0.717) is 19.1 Å². The molecular formula is C11H22O2. The average Bonchev–Trinajstić information content (AvgIpc) is 2.19. The van der Waals surface area contributed by atoms with E-state index in [2.05, 4.69) is 0 Å². The third kappa shape index (κ3) is 4.10. The van der Waals surface area contributed by atoms with Crippen LogP contribution in [-0.4, -0.2) is 23.4 Å². The summed E-state index contributed by atoms with van der Waals surface area (Å²) in [5, 5.41) is 17.7. The van der Waals surface area contributed by atoms with Crippen molar-refractivity contribution in [2.24, 2.45) is 11.8 Å². The van der Waals surface area contributed by atoms with Gasteiger partial charge in [-0.25, -0.2) is 0 Å². The molecule has 2 nitrogen and oxygen atoms in total. The normalized spacial score (nSPS) is 29.1. The van der Waals surface area contributed by atoms with Crippen molar-refractivity contribution in [2.45, 2.75) is 44.9 Å². The van der Waals surface area contributed by atoms with Crippen LogP contribution in [0.15, 0.2) is 0 Å². The fourth-order valence-corrected chi connectivity index (χ4v) is 2.38. The van der Waals surface area contributed by atoms with Crippen LogP contribution < -0.4 is 0 Å². The Hall–Kier alpha value is -0.0800. The van der Waals surface area contributed by atoms with Crippen molar-refractivity contribution in [1.29, 1.82) is 0 Å². The molecule has 0 radical (unpaired) electrons. The molecule has 1 saturated carbocycles. The van der Waals surface area contributed by atoms with Crippen molar-refractivity contribution in [3.63, 3.8) is 0 Å². The van der Waals surface area contributed by atoms with Crippen LogP contribution in [0.25, 0.3) is 0 Å². The molecule has 0 heterocycles. The number of aliphatic hydroxyl groups excluding tert-OH is 2.